The highest BCUT2D eigenvalue weighted by atomic mass is 16.5. The van der Waals surface area contributed by atoms with Crippen LogP contribution < -0.4 is 10.6 Å². The van der Waals surface area contributed by atoms with Gasteiger partial charge in [0.25, 0.3) is 0 Å². The van der Waals surface area contributed by atoms with Gasteiger partial charge in [0.2, 0.25) is 0 Å². The molecule has 2 N–H and O–H groups in total. The van der Waals surface area contributed by atoms with E-state index < -0.39 is 0 Å². The standard InChI is InChI=1S/C16H34N4O/c1-6-14(4)19-16(17-5)18-12-15(11-13(2)3)20-7-9-21-10-8-20/h13-15H,6-12H2,1-5H3,(H2,17,18,19). The first-order valence-corrected chi connectivity index (χ1v) is 8.35. The van der Waals surface area contributed by atoms with Crippen LogP contribution in [-0.2, 0) is 4.74 Å². The van der Waals surface area contributed by atoms with Gasteiger partial charge in [-0.05, 0) is 25.7 Å². The summed E-state index contributed by atoms with van der Waals surface area (Å²) >= 11 is 0. The summed E-state index contributed by atoms with van der Waals surface area (Å²) < 4.78 is 5.47. The Hall–Kier alpha value is -0.810. The summed E-state index contributed by atoms with van der Waals surface area (Å²) in [5.41, 5.74) is 0. The number of hydrogen-bond acceptors (Lipinski definition) is 3. The molecule has 2 unspecified atom stereocenters. The van der Waals surface area contributed by atoms with E-state index in [4.69, 9.17) is 4.74 Å². The number of nitrogens with zero attached hydrogens (tertiary/aromatic N) is 2. The Labute approximate surface area is 130 Å². The van der Waals surface area contributed by atoms with Gasteiger partial charge < -0.3 is 15.4 Å². The summed E-state index contributed by atoms with van der Waals surface area (Å²) in [6.07, 6.45) is 2.30. The molecule has 0 aliphatic carbocycles. The van der Waals surface area contributed by atoms with E-state index in [1.807, 2.05) is 7.05 Å². The Kier molecular flexibility index (Phi) is 8.69. The van der Waals surface area contributed by atoms with Crippen LogP contribution in [0.1, 0.15) is 40.5 Å². The number of aliphatic imine (C=N–C) groups is 1. The van der Waals surface area contributed by atoms with Gasteiger partial charge in [-0.25, -0.2) is 0 Å². The van der Waals surface area contributed by atoms with Gasteiger partial charge in [0.05, 0.1) is 13.2 Å². The number of guanidine groups is 1. The van der Waals surface area contributed by atoms with Crippen LogP contribution >= 0.6 is 0 Å². The minimum Gasteiger partial charge on any atom is -0.379 e. The van der Waals surface area contributed by atoms with Crippen molar-refractivity contribution in [3.8, 4) is 0 Å². The van der Waals surface area contributed by atoms with Crippen molar-refractivity contribution in [3.63, 3.8) is 0 Å². The zero-order valence-electron chi connectivity index (χ0n) is 14.5. The first-order valence-electron chi connectivity index (χ1n) is 8.35. The molecular formula is C16H34N4O. The second kappa shape index (κ2) is 10.0. The molecule has 0 saturated carbocycles. The van der Waals surface area contributed by atoms with Gasteiger partial charge in [0.15, 0.2) is 5.96 Å². The minimum atomic E-state index is 0.447. The molecule has 0 spiro atoms. The van der Waals surface area contributed by atoms with E-state index >= 15 is 0 Å². The normalized spacial score (nSPS) is 20.4. The summed E-state index contributed by atoms with van der Waals surface area (Å²) in [5, 5.41) is 6.92. The van der Waals surface area contributed by atoms with Crippen LogP contribution in [0.2, 0.25) is 0 Å². The largest absolute Gasteiger partial charge is 0.379 e. The van der Waals surface area contributed by atoms with E-state index in [0.717, 1.165) is 45.2 Å². The third kappa shape index (κ3) is 7.14. The lowest BCUT2D eigenvalue weighted by Gasteiger charge is -2.36. The fourth-order valence-electron chi connectivity index (χ4n) is 2.59. The molecule has 2 atom stereocenters. The molecule has 0 aromatic heterocycles. The zero-order chi connectivity index (χ0) is 15.7. The van der Waals surface area contributed by atoms with Gasteiger partial charge >= 0.3 is 0 Å². The first kappa shape index (κ1) is 18.2. The Bertz CT molecular complexity index is 301. The van der Waals surface area contributed by atoms with E-state index in [0.29, 0.717) is 18.0 Å². The molecule has 5 nitrogen and oxygen atoms in total. The Morgan fingerprint density at radius 1 is 1.24 bits per heavy atom. The topological polar surface area (TPSA) is 48.9 Å². The van der Waals surface area contributed by atoms with Crippen molar-refractivity contribution >= 4 is 5.96 Å². The van der Waals surface area contributed by atoms with Crippen molar-refractivity contribution in [2.45, 2.75) is 52.6 Å². The predicted octanol–water partition coefficient (Wildman–Crippen LogP) is 1.70. The summed E-state index contributed by atoms with van der Waals surface area (Å²) in [7, 11) is 1.84. The van der Waals surface area contributed by atoms with Gasteiger partial charge in [-0.3, -0.25) is 9.89 Å². The Morgan fingerprint density at radius 2 is 1.90 bits per heavy atom. The van der Waals surface area contributed by atoms with Crippen LogP contribution in [0.25, 0.3) is 0 Å². The molecule has 5 heteroatoms. The molecule has 1 saturated heterocycles. The Balaban J connectivity index is 2.50. The maximum Gasteiger partial charge on any atom is 0.191 e. The molecule has 0 aromatic rings. The lowest BCUT2D eigenvalue weighted by Crippen LogP contribution is -2.51. The molecule has 21 heavy (non-hydrogen) atoms. The van der Waals surface area contributed by atoms with Gasteiger partial charge in [0, 0.05) is 38.8 Å². The number of hydrogen-bond donors (Lipinski definition) is 2. The van der Waals surface area contributed by atoms with E-state index in [9.17, 15) is 0 Å². The average Bonchev–Trinajstić information content (AvgIpc) is 2.50. The second-order valence-corrected chi connectivity index (χ2v) is 6.34. The molecule has 1 fully saturated rings. The predicted molar refractivity (Wildman–Crippen MR) is 89.9 cm³/mol. The molecular weight excluding hydrogens is 264 g/mol. The average molecular weight is 298 g/mol. The van der Waals surface area contributed by atoms with E-state index in [2.05, 4.69) is 48.2 Å². The van der Waals surface area contributed by atoms with Crippen molar-refractivity contribution in [2.24, 2.45) is 10.9 Å². The lowest BCUT2D eigenvalue weighted by molar-refractivity contribution is 0.0132. The molecule has 124 valence electrons. The highest BCUT2D eigenvalue weighted by Crippen LogP contribution is 2.12. The molecule has 0 bridgehead atoms. The molecule has 0 amide bonds. The summed E-state index contributed by atoms with van der Waals surface area (Å²) in [4.78, 5) is 6.87. The molecule has 0 radical (unpaired) electrons. The third-order valence-corrected chi connectivity index (χ3v) is 4.03. The maximum absolute atomic E-state index is 5.47. The van der Waals surface area contributed by atoms with Gasteiger partial charge in [-0.15, -0.1) is 0 Å². The highest BCUT2D eigenvalue weighted by Gasteiger charge is 2.22. The Morgan fingerprint density at radius 3 is 2.43 bits per heavy atom. The van der Waals surface area contributed by atoms with Crippen LogP contribution in [-0.4, -0.2) is 62.8 Å². The van der Waals surface area contributed by atoms with Crippen molar-refractivity contribution in [2.75, 3.05) is 39.9 Å². The lowest BCUT2D eigenvalue weighted by atomic mass is 10.0. The van der Waals surface area contributed by atoms with Crippen LogP contribution in [0.3, 0.4) is 0 Å². The number of ether oxygens (including phenoxy) is 1. The molecule has 1 aliphatic heterocycles. The van der Waals surface area contributed by atoms with Crippen LogP contribution in [0.4, 0.5) is 0 Å². The van der Waals surface area contributed by atoms with Crippen LogP contribution in [0.5, 0.6) is 0 Å². The van der Waals surface area contributed by atoms with Crippen molar-refractivity contribution in [1.29, 1.82) is 0 Å². The smallest absolute Gasteiger partial charge is 0.191 e. The molecule has 1 aliphatic rings. The molecule has 0 aromatic carbocycles. The SMILES string of the molecule is CCC(C)NC(=NC)NCC(CC(C)C)N1CCOCC1. The number of nitrogens with one attached hydrogen (secondary N) is 2. The van der Waals surface area contributed by atoms with E-state index in [-0.39, 0.29) is 0 Å². The summed E-state index contributed by atoms with van der Waals surface area (Å²) in [6, 6.07) is 0.993. The molecule has 1 heterocycles. The minimum absolute atomic E-state index is 0.447. The highest BCUT2D eigenvalue weighted by molar-refractivity contribution is 5.79. The fraction of sp³-hybridized carbons (Fsp3) is 0.938. The quantitative estimate of drug-likeness (QED) is 0.555. The third-order valence-electron chi connectivity index (χ3n) is 4.03. The second-order valence-electron chi connectivity index (χ2n) is 6.34. The zero-order valence-corrected chi connectivity index (χ0v) is 14.5. The fourth-order valence-corrected chi connectivity index (χ4v) is 2.59. The van der Waals surface area contributed by atoms with Crippen molar-refractivity contribution in [3.05, 3.63) is 0 Å². The van der Waals surface area contributed by atoms with Crippen molar-refractivity contribution < 1.29 is 4.74 Å². The van der Waals surface area contributed by atoms with Crippen LogP contribution in [0.15, 0.2) is 4.99 Å². The van der Waals surface area contributed by atoms with Gasteiger partial charge in [0.1, 0.15) is 0 Å². The maximum atomic E-state index is 5.47. The van der Waals surface area contributed by atoms with Gasteiger partial charge in [-0.2, -0.15) is 0 Å². The molecule has 1 rings (SSSR count). The van der Waals surface area contributed by atoms with E-state index in [1.54, 1.807) is 0 Å². The number of morpholine rings is 1. The van der Waals surface area contributed by atoms with E-state index in [1.165, 1.54) is 6.42 Å². The van der Waals surface area contributed by atoms with Crippen molar-refractivity contribution in [1.82, 2.24) is 15.5 Å². The summed E-state index contributed by atoms with van der Waals surface area (Å²) in [6.45, 7) is 13.7. The summed E-state index contributed by atoms with van der Waals surface area (Å²) in [5.74, 6) is 1.61. The monoisotopic (exact) mass is 298 g/mol. The number of rotatable bonds is 7. The first-order chi connectivity index (χ1) is 10.1. The van der Waals surface area contributed by atoms with Gasteiger partial charge in [-0.1, -0.05) is 20.8 Å². The van der Waals surface area contributed by atoms with Crippen LogP contribution in [0, 0.1) is 5.92 Å².